The molecule has 1 heterocycles. The zero-order valence-corrected chi connectivity index (χ0v) is 18.7. The highest BCUT2D eigenvalue weighted by Gasteiger charge is 2.22. The fourth-order valence-corrected chi connectivity index (χ4v) is 4.08. The Hall–Kier alpha value is -2.71. The third kappa shape index (κ3) is 5.67. The molecule has 0 aliphatic carbocycles. The predicted octanol–water partition coefficient (Wildman–Crippen LogP) is 4.90. The van der Waals surface area contributed by atoms with Crippen LogP contribution in [0.3, 0.4) is 0 Å². The van der Waals surface area contributed by atoms with Gasteiger partial charge in [-0.3, -0.25) is 0 Å². The zero-order chi connectivity index (χ0) is 21.3. The van der Waals surface area contributed by atoms with Gasteiger partial charge in [0.15, 0.2) is 5.16 Å². The van der Waals surface area contributed by atoms with E-state index in [0.717, 1.165) is 16.9 Å². The van der Waals surface area contributed by atoms with Gasteiger partial charge in [-0.15, -0.1) is 11.8 Å². The molecule has 2 aromatic carbocycles. The van der Waals surface area contributed by atoms with E-state index in [2.05, 4.69) is 15.3 Å². The lowest BCUT2D eigenvalue weighted by Gasteiger charge is -2.14. The van der Waals surface area contributed by atoms with Crippen LogP contribution in [-0.4, -0.2) is 36.4 Å². The molecule has 6 nitrogen and oxygen atoms in total. The predicted molar refractivity (Wildman–Crippen MR) is 121 cm³/mol. The molecule has 30 heavy (non-hydrogen) atoms. The molecule has 8 heteroatoms. The summed E-state index contributed by atoms with van der Waals surface area (Å²) in [6.45, 7) is 0.540. The average Bonchev–Trinajstić information content (AvgIpc) is 2.81. The lowest BCUT2D eigenvalue weighted by Crippen LogP contribution is -2.13. The minimum absolute atomic E-state index is 0.352. The van der Waals surface area contributed by atoms with Gasteiger partial charge < -0.3 is 14.8 Å². The number of hydrogen-bond acceptors (Lipinski definition) is 8. The van der Waals surface area contributed by atoms with Crippen molar-refractivity contribution in [3.05, 3.63) is 71.3 Å². The van der Waals surface area contributed by atoms with Crippen molar-refractivity contribution in [2.75, 3.05) is 25.8 Å². The van der Waals surface area contributed by atoms with Crippen molar-refractivity contribution in [2.24, 2.45) is 0 Å². The smallest absolute Gasteiger partial charge is 0.344 e. The second-order valence-electron chi connectivity index (χ2n) is 6.21. The molecule has 0 saturated heterocycles. The first kappa shape index (κ1) is 22.0. The average molecular weight is 442 g/mol. The standard InChI is InChI=1S/C22H23N3O3S2/c1-27-17-11-9-16(10-12-17)14-30-20-18(21(26)28-2)19(24-22(25-20)29-3)23-13-15-7-5-4-6-8-15/h4-12H,13-14H2,1-3H3,(H,23,24,25). The SMILES string of the molecule is COC(=O)c1c(NCc2ccccc2)nc(SC)nc1SCc1ccc(OC)cc1. The molecule has 1 N–H and O–H groups in total. The van der Waals surface area contributed by atoms with Gasteiger partial charge in [0.25, 0.3) is 0 Å². The molecule has 156 valence electrons. The lowest BCUT2D eigenvalue weighted by molar-refractivity contribution is 0.0596. The summed E-state index contributed by atoms with van der Waals surface area (Å²) in [5.41, 5.74) is 2.54. The second-order valence-corrected chi connectivity index (χ2v) is 7.94. The van der Waals surface area contributed by atoms with Gasteiger partial charge in [0.05, 0.1) is 14.2 Å². The summed E-state index contributed by atoms with van der Waals surface area (Å²) in [7, 11) is 3.00. The molecule has 0 aliphatic heterocycles. The van der Waals surface area contributed by atoms with Crippen LogP contribution in [0.5, 0.6) is 5.75 Å². The summed E-state index contributed by atoms with van der Waals surface area (Å²) in [6, 6.07) is 17.8. The van der Waals surface area contributed by atoms with E-state index in [-0.39, 0.29) is 0 Å². The molecular formula is C22H23N3O3S2. The molecular weight excluding hydrogens is 418 g/mol. The molecule has 0 fully saturated rings. The Kier molecular flexibility index (Phi) is 7.98. The first-order valence-corrected chi connectivity index (χ1v) is 11.4. The number of hydrogen-bond donors (Lipinski definition) is 1. The van der Waals surface area contributed by atoms with Crippen molar-refractivity contribution in [1.29, 1.82) is 0 Å². The van der Waals surface area contributed by atoms with Gasteiger partial charge in [-0.1, -0.05) is 54.2 Å². The number of methoxy groups -OCH3 is 2. The van der Waals surface area contributed by atoms with E-state index >= 15 is 0 Å². The van der Waals surface area contributed by atoms with E-state index in [9.17, 15) is 4.79 Å². The Bertz CT molecular complexity index is 983. The molecule has 0 amide bonds. The maximum Gasteiger partial charge on any atom is 0.344 e. The van der Waals surface area contributed by atoms with Crippen LogP contribution in [0.2, 0.25) is 0 Å². The first-order chi connectivity index (χ1) is 14.6. The summed E-state index contributed by atoms with van der Waals surface area (Å²) in [5, 5.41) is 4.46. The van der Waals surface area contributed by atoms with Crippen LogP contribution < -0.4 is 10.1 Å². The number of aromatic nitrogens is 2. The monoisotopic (exact) mass is 441 g/mol. The van der Waals surface area contributed by atoms with Crippen LogP contribution in [-0.2, 0) is 17.0 Å². The number of benzene rings is 2. The fourth-order valence-electron chi connectivity index (χ4n) is 2.69. The van der Waals surface area contributed by atoms with Crippen molar-refractivity contribution in [1.82, 2.24) is 9.97 Å². The fraction of sp³-hybridized carbons (Fsp3) is 0.227. The Balaban J connectivity index is 1.88. The van der Waals surface area contributed by atoms with Crippen molar-refractivity contribution >= 4 is 35.3 Å². The topological polar surface area (TPSA) is 73.3 Å². The van der Waals surface area contributed by atoms with Crippen molar-refractivity contribution in [3.63, 3.8) is 0 Å². The molecule has 0 bridgehead atoms. The Morgan fingerprint density at radius 3 is 2.37 bits per heavy atom. The van der Waals surface area contributed by atoms with E-state index in [4.69, 9.17) is 9.47 Å². The highest BCUT2D eigenvalue weighted by atomic mass is 32.2. The summed E-state index contributed by atoms with van der Waals surface area (Å²) in [4.78, 5) is 21.7. The maximum atomic E-state index is 12.6. The lowest BCUT2D eigenvalue weighted by atomic mass is 10.2. The quantitative estimate of drug-likeness (QED) is 0.218. The molecule has 1 aromatic heterocycles. The Morgan fingerprint density at radius 1 is 1.00 bits per heavy atom. The summed E-state index contributed by atoms with van der Waals surface area (Å²) in [6.07, 6.45) is 1.91. The molecule has 3 rings (SSSR count). The Morgan fingerprint density at radius 2 is 1.73 bits per heavy atom. The van der Waals surface area contributed by atoms with Crippen molar-refractivity contribution in [2.45, 2.75) is 22.5 Å². The third-order valence-corrected chi connectivity index (χ3v) is 5.86. The van der Waals surface area contributed by atoms with Crippen molar-refractivity contribution < 1.29 is 14.3 Å². The van der Waals surface area contributed by atoms with E-state index < -0.39 is 5.97 Å². The van der Waals surface area contributed by atoms with Gasteiger partial charge >= 0.3 is 5.97 Å². The van der Waals surface area contributed by atoms with Crippen LogP contribution in [0, 0.1) is 0 Å². The van der Waals surface area contributed by atoms with Crippen LogP contribution >= 0.6 is 23.5 Å². The summed E-state index contributed by atoms with van der Waals surface area (Å²) < 4.78 is 10.2. The highest BCUT2D eigenvalue weighted by Crippen LogP contribution is 2.31. The second kappa shape index (κ2) is 10.9. The van der Waals surface area contributed by atoms with Crippen LogP contribution in [0.1, 0.15) is 21.5 Å². The molecule has 0 saturated carbocycles. The third-order valence-electron chi connectivity index (χ3n) is 4.26. The van der Waals surface area contributed by atoms with Gasteiger partial charge in [-0.2, -0.15) is 0 Å². The molecule has 0 spiro atoms. The number of rotatable bonds is 9. The highest BCUT2D eigenvalue weighted by molar-refractivity contribution is 7.99. The van der Waals surface area contributed by atoms with Gasteiger partial charge in [0.1, 0.15) is 22.2 Å². The number of thioether (sulfide) groups is 2. The van der Waals surface area contributed by atoms with E-state index in [1.165, 1.54) is 30.6 Å². The molecule has 0 atom stereocenters. The van der Waals surface area contributed by atoms with Crippen LogP contribution in [0.4, 0.5) is 5.82 Å². The van der Waals surface area contributed by atoms with Gasteiger partial charge in [-0.25, -0.2) is 14.8 Å². The van der Waals surface area contributed by atoms with E-state index in [0.29, 0.717) is 33.9 Å². The number of esters is 1. The first-order valence-electron chi connectivity index (χ1n) is 9.22. The number of carbonyl (C=O) groups is 1. The van der Waals surface area contributed by atoms with E-state index in [1.54, 1.807) is 7.11 Å². The summed E-state index contributed by atoms with van der Waals surface area (Å²) in [5.74, 6) is 1.47. The Labute approximate surface area is 184 Å². The van der Waals surface area contributed by atoms with E-state index in [1.807, 2.05) is 60.9 Å². The minimum Gasteiger partial charge on any atom is -0.497 e. The largest absolute Gasteiger partial charge is 0.497 e. The summed E-state index contributed by atoms with van der Waals surface area (Å²) >= 11 is 2.91. The number of nitrogens with one attached hydrogen (secondary N) is 1. The molecule has 3 aromatic rings. The van der Waals surface area contributed by atoms with Crippen molar-refractivity contribution in [3.8, 4) is 5.75 Å². The number of carbonyl (C=O) groups excluding carboxylic acids is 1. The molecule has 0 radical (unpaired) electrons. The molecule has 0 unspecified atom stereocenters. The number of ether oxygens (including phenoxy) is 2. The maximum absolute atomic E-state index is 12.6. The minimum atomic E-state index is -0.463. The van der Waals surface area contributed by atoms with Gasteiger partial charge in [0, 0.05) is 12.3 Å². The van der Waals surface area contributed by atoms with Crippen LogP contribution in [0.25, 0.3) is 0 Å². The van der Waals surface area contributed by atoms with Crippen LogP contribution in [0.15, 0.2) is 64.8 Å². The number of nitrogens with zero attached hydrogens (tertiary/aromatic N) is 2. The normalized spacial score (nSPS) is 10.5. The molecule has 0 aliphatic rings. The van der Waals surface area contributed by atoms with Gasteiger partial charge in [-0.05, 0) is 29.5 Å². The van der Waals surface area contributed by atoms with Gasteiger partial charge in [0.2, 0.25) is 0 Å². The number of anilines is 1. The zero-order valence-electron chi connectivity index (χ0n) is 17.0.